The fraction of sp³-hybridized carbons (Fsp3) is 0.571. The molecular formula is C14H21FN2O2S. The Kier molecular flexibility index (Phi) is 4.18. The highest BCUT2D eigenvalue weighted by molar-refractivity contribution is 7.89. The first-order valence-electron chi connectivity index (χ1n) is 6.78. The van der Waals surface area contributed by atoms with E-state index in [1.807, 2.05) is 20.8 Å². The fourth-order valence-electron chi connectivity index (χ4n) is 1.85. The van der Waals surface area contributed by atoms with Crippen LogP contribution in [0.1, 0.15) is 39.2 Å². The van der Waals surface area contributed by atoms with Crippen LogP contribution in [0.15, 0.2) is 23.1 Å². The molecule has 0 bridgehead atoms. The van der Waals surface area contributed by atoms with Gasteiger partial charge in [0, 0.05) is 18.1 Å². The molecule has 1 aromatic carbocycles. The third-order valence-electron chi connectivity index (χ3n) is 3.38. The molecule has 0 heterocycles. The number of rotatable bonds is 6. The SMILES string of the molecule is CC(C)NCc1ccc(F)c(S(=O)(=O)NC2(C)CC2)c1. The molecule has 2 N–H and O–H groups in total. The van der Waals surface area contributed by atoms with E-state index < -0.39 is 21.4 Å². The Morgan fingerprint density at radius 2 is 2.00 bits per heavy atom. The van der Waals surface area contributed by atoms with Gasteiger partial charge < -0.3 is 5.32 Å². The second-order valence-electron chi connectivity index (χ2n) is 5.97. The summed E-state index contributed by atoms with van der Waals surface area (Å²) in [4.78, 5) is -0.270. The van der Waals surface area contributed by atoms with Crippen LogP contribution in [-0.2, 0) is 16.6 Å². The first-order chi connectivity index (χ1) is 9.22. The van der Waals surface area contributed by atoms with Crippen molar-refractivity contribution in [1.29, 1.82) is 0 Å². The van der Waals surface area contributed by atoms with Gasteiger partial charge in [-0.05, 0) is 37.5 Å². The van der Waals surface area contributed by atoms with E-state index in [4.69, 9.17) is 0 Å². The minimum absolute atomic E-state index is 0.270. The van der Waals surface area contributed by atoms with Crippen molar-refractivity contribution in [2.75, 3.05) is 0 Å². The average molecular weight is 300 g/mol. The van der Waals surface area contributed by atoms with Crippen LogP contribution >= 0.6 is 0 Å². The normalized spacial score (nSPS) is 17.4. The summed E-state index contributed by atoms with van der Waals surface area (Å²) in [6, 6.07) is 4.49. The maximum atomic E-state index is 13.8. The van der Waals surface area contributed by atoms with Gasteiger partial charge in [-0.15, -0.1) is 0 Å². The number of sulfonamides is 1. The lowest BCUT2D eigenvalue weighted by molar-refractivity contribution is 0.538. The Morgan fingerprint density at radius 3 is 2.55 bits per heavy atom. The van der Waals surface area contributed by atoms with Gasteiger partial charge in [0.05, 0.1) is 0 Å². The van der Waals surface area contributed by atoms with E-state index in [0.717, 1.165) is 18.4 Å². The summed E-state index contributed by atoms with van der Waals surface area (Å²) in [5.41, 5.74) is 0.346. The van der Waals surface area contributed by atoms with E-state index in [-0.39, 0.29) is 10.9 Å². The molecule has 20 heavy (non-hydrogen) atoms. The number of hydrogen-bond acceptors (Lipinski definition) is 3. The first-order valence-corrected chi connectivity index (χ1v) is 8.26. The highest BCUT2D eigenvalue weighted by Gasteiger charge is 2.41. The van der Waals surface area contributed by atoms with Gasteiger partial charge in [-0.2, -0.15) is 0 Å². The van der Waals surface area contributed by atoms with Gasteiger partial charge in [0.15, 0.2) is 0 Å². The maximum absolute atomic E-state index is 13.8. The molecule has 2 rings (SSSR count). The molecule has 0 amide bonds. The van der Waals surface area contributed by atoms with E-state index in [0.29, 0.717) is 6.54 Å². The van der Waals surface area contributed by atoms with Gasteiger partial charge in [-0.25, -0.2) is 17.5 Å². The lowest BCUT2D eigenvalue weighted by Crippen LogP contribution is -2.34. The summed E-state index contributed by atoms with van der Waals surface area (Å²) in [6.07, 6.45) is 1.59. The van der Waals surface area contributed by atoms with E-state index in [2.05, 4.69) is 10.0 Å². The second-order valence-corrected chi connectivity index (χ2v) is 7.62. The van der Waals surface area contributed by atoms with Crippen molar-refractivity contribution in [1.82, 2.24) is 10.0 Å². The Labute approximate surface area is 119 Å². The molecule has 0 unspecified atom stereocenters. The average Bonchev–Trinajstić information content (AvgIpc) is 3.04. The number of hydrogen-bond donors (Lipinski definition) is 2. The summed E-state index contributed by atoms with van der Waals surface area (Å²) >= 11 is 0. The fourth-order valence-corrected chi connectivity index (χ4v) is 3.45. The Morgan fingerprint density at radius 1 is 1.35 bits per heavy atom. The molecule has 6 heteroatoms. The summed E-state index contributed by atoms with van der Waals surface area (Å²) in [5, 5.41) is 3.18. The number of nitrogens with one attached hydrogen (secondary N) is 2. The number of benzene rings is 1. The molecule has 0 saturated heterocycles. The standard InChI is InChI=1S/C14H21FN2O2S/c1-10(2)16-9-11-4-5-12(15)13(8-11)20(18,19)17-14(3)6-7-14/h4-5,8,10,16-17H,6-7,9H2,1-3H3. The van der Waals surface area contributed by atoms with Gasteiger partial charge >= 0.3 is 0 Å². The van der Waals surface area contributed by atoms with Crippen molar-refractivity contribution >= 4 is 10.0 Å². The molecule has 4 nitrogen and oxygen atoms in total. The van der Waals surface area contributed by atoms with Gasteiger partial charge in [0.1, 0.15) is 10.7 Å². The molecule has 112 valence electrons. The predicted octanol–water partition coefficient (Wildman–Crippen LogP) is 2.15. The number of halogens is 1. The summed E-state index contributed by atoms with van der Waals surface area (Å²) in [5.74, 6) is -0.713. The molecule has 0 aliphatic heterocycles. The third-order valence-corrected chi connectivity index (χ3v) is 5.03. The molecule has 0 aromatic heterocycles. The Hall–Kier alpha value is -0.980. The molecular weight excluding hydrogens is 279 g/mol. The zero-order chi connectivity index (χ0) is 15.0. The van der Waals surface area contributed by atoms with Gasteiger partial charge in [-0.1, -0.05) is 19.9 Å². The second kappa shape index (κ2) is 5.42. The zero-order valence-corrected chi connectivity index (χ0v) is 12.8. The first kappa shape index (κ1) is 15.4. The zero-order valence-electron chi connectivity index (χ0n) is 12.0. The van der Waals surface area contributed by atoms with E-state index in [9.17, 15) is 12.8 Å². The Balaban J connectivity index is 2.23. The van der Waals surface area contributed by atoms with Crippen LogP contribution in [0.25, 0.3) is 0 Å². The van der Waals surface area contributed by atoms with Crippen LogP contribution < -0.4 is 10.0 Å². The third kappa shape index (κ3) is 3.77. The molecule has 1 fully saturated rings. The maximum Gasteiger partial charge on any atom is 0.243 e. The van der Waals surface area contributed by atoms with Crippen LogP contribution in [0.4, 0.5) is 4.39 Å². The van der Waals surface area contributed by atoms with Gasteiger partial charge in [0.25, 0.3) is 0 Å². The van der Waals surface area contributed by atoms with Crippen molar-refractivity contribution < 1.29 is 12.8 Å². The summed E-state index contributed by atoms with van der Waals surface area (Å²) in [7, 11) is -3.80. The van der Waals surface area contributed by atoms with Crippen LogP contribution in [-0.4, -0.2) is 20.0 Å². The summed E-state index contributed by atoms with van der Waals surface area (Å²) < 4.78 is 40.8. The van der Waals surface area contributed by atoms with E-state index >= 15 is 0 Å². The minimum Gasteiger partial charge on any atom is -0.310 e. The largest absolute Gasteiger partial charge is 0.310 e. The van der Waals surface area contributed by atoms with Crippen molar-refractivity contribution in [3.8, 4) is 0 Å². The lowest BCUT2D eigenvalue weighted by atomic mass is 10.2. The van der Waals surface area contributed by atoms with Gasteiger partial charge in [-0.3, -0.25) is 0 Å². The van der Waals surface area contributed by atoms with Crippen molar-refractivity contribution in [2.24, 2.45) is 0 Å². The molecule has 1 aromatic rings. The van der Waals surface area contributed by atoms with Crippen molar-refractivity contribution in [3.05, 3.63) is 29.6 Å². The van der Waals surface area contributed by atoms with E-state index in [1.165, 1.54) is 12.1 Å². The molecule has 0 spiro atoms. The topological polar surface area (TPSA) is 58.2 Å². The predicted molar refractivity (Wildman–Crippen MR) is 76.3 cm³/mol. The monoisotopic (exact) mass is 300 g/mol. The minimum atomic E-state index is -3.80. The quantitative estimate of drug-likeness (QED) is 0.846. The van der Waals surface area contributed by atoms with Gasteiger partial charge in [0.2, 0.25) is 10.0 Å². The van der Waals surface area contributed by atoms with Crippen LogP contribution in [0.2, 0.25) is 0 Å². The lowest BCUT2D eigenvalue weighted by Gasteiger charge is -2.14. The highest BCUT2D eigenvalue weighted by Crippen LogP contribution is 2.36. The van der Waals surface area contributed by atoms with Crippen molar-refractivity contribution in [2.45, 2.75) is 56.6 Å². The smallest absolute Gasteiger partial charge is 0.243 e. The van der Waals surface area contributed by atoms with Crippen LogP contribution in [0, 0.1) is 5.82 Å². The Bertz CT molecular complexity index is 595. The summed E-state index contributed by atoms with van der Waals surface area (Å²) in [6.45, 7) is 6.33. The van der Waals surface area contributed by atoms with Crippen molar-refractivity contribution in [3.63, 3.8) is 0 Å². The molecule has 1 saturated carbocycles. The van der Waals surface area contributed by atoms with Crippen LogP contribution in [0.3, 0.4) is 0 Å². The molecule has 0 radical (unpaired) electrons. The highest BCUT2D eigenvalue weighted by atomic mass is 32.2. The van der Waals surface area contributed by atoms with E-state index in [1.54, 1.807) is 6.07 Å². The van der Waals surface area contributed by atoms with Crippen LogP contribution in [0.5, 0.6) is 0 Å². The molecule has 0 atom stereocenters. The molecule has 1 aliphatic carbocycles. The molecule has 1 aliphatic rings.